The van der Waals surface area contributed by atoms with E-state index < -0.39 is 0 Å². The van der Waals surface area contributed by atoms with E-state index in [4.69, 9.17) is 9.47 Å². The zero-order valence-corrected chi connectivity index (χ0v) is 19.1. The number of likely N-dealkylation sites (tertiary alicyclic amines) is 2. The van der Waals surface area contributed by atoms with E-state index in [1.165, 1.54) is 0 Å². The standard InChI is InChI=1S/C23H33N3O5/c1-23(2,3)26-14-16(12-20(26)27)21(28)24-17-6-8-25(9-7-17)22(29)15-10-18(30-4)13-19(11-15)31-5/h10-11,13,16-17H,6-9,12,14H2,1-5H3,(H,24,28). The van der Waals surface area contributed by atoms with Crippen molar-refractivity contribution in [1.82, 2.24) is 15.1 Å². The van der Waals surface area contributed by atoms with Crippen LogP contribution in [0.4, 0.5) is 0 Å². The largest absolute Gasteiger partial charge is 0.497 e. The van der Waals surface area contributed by atoms with E-state index in [-0.39, 0.29) is 41.6 Å². The number of methoxy groups -OCH3 is 2. The maximum Gasteiger partial charge on any atom is 0.254 e. The van der Waals surface area contributed by atoms with Gasteiger partial charge in [-0.15, -0.1) is 0 Å². The highest BCUT2D eigenvalue weighted by atomic mass is 16.5. The number of hydrogen-bond donors (Lipinski definition) is 1. The molecule has 2 saturated heterocycles. The highest BCUT2D eigenvalue weighted by Crippen LogP contribution is 2.27. The van der Waals surface area contributed by atoms with Gasteiger partial charge in [-0.1, -0.05) is 0 Å². The third-order valence-corrected chi connectivity index (χ3v) is 6.03. The summed E-state index contributed by atoms with van der Waals surface area (Å²) in [5, 5.41) is 3.09. The van der Waals surface area contributed by atoms with Crippen molar-refractivity contribution in [3.8, 4) is 11.5 Å². The summed E-state index contributed by atoms with van der Waals surface area (Å²) >= 11 is 0. The van der Waals surface area contributed by atoms with Crippen molar-refractivity contribution in [3.63, 3.8) is 0 Å². The number of hydrogen-bond acceptors (Lipinski definition) is 5. The molecule has 1 N–H and O–H groups in total. The van der Waals surface area contributed by atoms with Crippen molar-refractivity contribution >= 4 is 17.7 Å². The first-order valence-corrected chi connectivity index (χ1v) is 10.8. The second-order valence-electron chi connectivity index (χ2n) is 9.25. The zero-order valence-electron chi connectivity index (χ0n) is 19.1. The van der Waals surface area contributed by atoms with E-state index in [9.17, 15) is 14.4 Å². The Hall–Kier alpha value is -2.77. The van der Waals surface area contributed by atoms with Crippen LogP contribution in [-0.4, -0.2) is 73.0 Å². The van der Waals surface area contributed by atoms with Gasteiger partial charge in [-0.2, -0.15) is 0 Å². The van der Waals surface area contributed by atoms with Crippen molar-refractivity contribution in [3.05, 3.63) is 23.8 Å². The average molecular weight is 432 g/mol. The van der Waals surface area contributed by atoms with Gasteiger partial charge in [-0.05, 0) is 45.7 Å². The van der Waals surface area contributed by atoms with Gasteiger partial charge in [0.25, 0.3) is 5.91 Å². The highest BCUT2D eigenvalue weighted by Gasteiger charge is 2.40. The van der Waals surface area contributed by atoms with Gasteiger partial charge in [0.15, 0.2) is 0 Å². The van der Waals surface area contributed by atoms with Gasteiger partial charge in [0, 0.05) is 49.3 Å². The first-order chi connectivity index (χ1) is 14.6. The molecule has 0 aromatic heterocycles. The third-order valence-electron chi connectivity index (χ3n) is 6.03. The highest BCUT2D eigenvalue weighted by molar-refractivity contribution is 5.95. The fourth-order valence-corrected chi connectivity index (χ4v) is 4.19. The summed E-state index contributed by atoms with van der Waals surface area (Å²) in [6, 6.07) is 5.15. The Morgan fingerprint density at radius 3 is 2.10 bits per heavy atom. The molecule has 1 unspecified atom stereocenters. The Bertz CT molecular complexity index is 818. The fraction of sp³-hybridized carbons (Fsp3) is 0.609. The van der Waals surface area contributed by atoms with Gasteiger partial charge in [-0.25, -0.2) is 0 Å². The molecule has 2 fully saturated rings. The Morgan fingerprint density at radius 2 is 1.61 bits per heavy atom. The number of nitrogens with zero attached hydrogens (tertiary/aromatic N) is 2. The summed E-state index contributed by atoms with van der Waals surface area (Å²) in [6.07, 6.45) is 1.63. The van der Waals surface area contributed by atoms with Crippen LogP contribution in [0.5, 0.6) is 11.5 Å². The molecule has 8 heteroatoms. The van der Waals surface area contributed by atoms with Crippen LogP contribution in [-0.2, 0) is 9.59 Å². The van der Waals surface area contributed by atoms with Crippen LogP contribution in [0.2, 0.25) is 0 Å². The van der Waals surface area contributed by atoms with Gasteiger partial charge in [0.05, 0.1) is 20.1 Å². The zero-order chi connectivity index (χ0) is 22.8. The summed E-state index contributed by atoms with van der Waals surface area (Å²) in [6.45, 7) is 7.52. The van der Waals surface area contributed by atoms with Crippen molar-refractivity contribution in [2.45, 2.75) is 51.6 Å². The fourth-order valence-electron chi connectivity index (χ4n) is 4.19. The summed E-state index contributed by atoms with van der Waals surface area (Å²) in [7, 11) is 3.10. The maximum atomic E-state index is 12.9. The van der Waals surface area contributed by atoms with Crippen LogP contribution in [0, 0.1) is 5.92 Å². The van der Waals surface area contributed by atoms with Gasteiger partial charge >= 0.3 is 0 Å². The SMILES string of the molecule is COc1cc(OC)cc(C(=O)N2CCC(NC(=O)C3CC(=O)N(C(C)(C)C)C3)CC2)c1. The Balaban J connectivity index is 1.54. The predicted octanol–water partition coefficient (Wildman–Crippen LogP) is 2.07. The lowest BCUT2D eigenvalue weighted by molar-refractivity contribution is -0.132. The molecule has 0 aliphatic carbocycles. The summed E-state index contributed by atoms with van der Waals surface area (Å²) < 4.78 is 10.5. The molecule has 2 aliphatic rings. The number of nitrogens with one attached hydrogen (secondary N) is 1. The van der Waals surface area contributed by atoms with Crippen molar-refractivity contribution in [2.75, 3.05) is 33.9 Å². The van der Waals surface area contributed by atoms with Crippen LogP contribution >= 0.6 is 0 Å². The van der Waals surface area contributed by atoms with Crippen LogP contribution in [0.15, 0.2) is 18.2 Å². The van der Waals surface area contributed by atoms with Crippen LogP contribution in [0.1, 0.15) is 50.4 Å². The predicted molar refractivity (Wildman–Crippen MR) is 116 cm³/mol. The van der Waals surface area contributed by atoms with Crippen molar-refractivity contribution in [1.29, 1.82) is 0 Å². The van der Waals surface area contributed by atoms with Crippen LogP contribution in [0.25, 0.3) is 0 Å². The number of carbonyl (C=O) groups excluding carboxylic acids is 3. The topological polar surface area (TPSA) is 88.2 Å². The lowest BCUT2D eigenvalue weighted by Crippen LogP contribution is -2.48. The van der Waals surface area contributed by atoms with Crippen LogP contribution < -0.4 is 14.8 Å². The Kier molecular flexibility index (Phi) is 6.77. The van der Waals surface area contributed by atoms with E-state index >= 15 is 0 Å². The third kappa shape index (κ3) is 5.29. The maximum absolute atomic E-state index is 12.9. The minimum atomic E-state index is -0.310. The first-order valence-electron chi connectivity index (χ1n) is 10.8. The molecule has 0 bridgehead atoms. The van der Waals surface area contributed by atoms with Crippen molar-refractivity contribution in [2.24, 2.45) is 5.92 Å². The summed E-state index contributed by atoms with van der Waals surface area (Å²) in [4.78, 5) is 41.5. The molecule has 0 spiro atoms. The van der Waals surface area contributed by atoms with Gasteiger partial charge in [-0.3, -0.25) is 14.4 Å². The number of benzene rings is 1. The van der Waals surface area contributed by atoms with Gasteiger partial charge < -0.3 is 24.6 Å². The molecular formula is C23H33N3O5. The number of carbonyl (C=O) groups is 3. The molecular weight excluding hydrogens is 398 g/mol. The van der Waals surface area contributed by atoms with Crippen molar-refractivity contribution < 1.29 is 23.9 Å². The summed E-state index contributed by atoms with van der Waals surface area (Å²) in [5.74, 6) is 0.713. The molecule has 31 heavy (non-hydrogen) atoms. The molecule has 3 amide bonds. The number of rotatable bonds is 5. The normalized spacial score (nSPS) is 20.0. The van der Waals surface area contributed by atoms with E-state index in [1.54, 1.807) is 42.2 Å². The molecule has 0 radical (unpaired) electrons. The van der Waals surface area contributed by atoms with E-state index in [2.05, 4.69) is 5.32 Å². The second kappa shape index (κ2) is 9.16. The molecule has 0 saturated carbocycles. The molecule has 2 heterocycles. The number of piperidine rings is 1. The van der Waals surface area contributed by atoms with Gasteiger partial charge in [0.2, 0.25) is 11.8 Å². The minimum absolute atomic E-state index is 0.00943. The monoisotopic (exact) mass is 431 g/mol. The van der Waals surface area contributed by atoms with E-state index in [0.717, 1.165) is 0 Å². The molecule has 1 aromatic rings. The smallest absolute Gasteiger partial charge is 0.254 e. The molecule has 3 rings (SSSR count). The second-order valence-corrected chi connectivity index (χ2v) is 9.25. The Labute approximate surface area is 183 Å². The number of ether oxygens (including phenoxy) is 2. The molecule has 8 nitrogen and oxygen atoms in total. The summed E-state index contributed by atoms with van der Waals surface area (Å²) in [5.41, 5.74) is 0.242. The lowest BCUT2D eigenvalue weighted by Gasteiger charge is -2.33. The number of amides is 3. The molecule has 1 atom stereocenters. The lowest BCUT2D eigenvalue weighted by atomic mass is 10.0. The van der Waals surface area contributed by atoms with Gasteiger partial charge in [0.1, 0.15) is 11.5 Å². The van der Waals surface area contributed by atoms with E-state index in [0.29, 0.717) is 49.5 Å². The molecule has 2 aliphatic heterocycles. The average Bonchev–Trinajstić information content (AvgIpc) is 3.15. The molecule has 170 valence electrons. The van der Waals surface area contributed by atoms with Crippen LogP contribution in [0.3, 0.4) is 0 Å². The quantitative estimate of drug-likeness (QED) is 0.771. The Morgan fingerprint density at radius 1 is 1.03 bits per heavy atom. The minimum Gasteiger partial charge on any atom is -0.497 e. The first kappa shape index (κ1) is 22.9. The van der Waals surface area contributed by atoms with E-state index in [1.807, 2.05) is 20.8 Å². The molecule has 1 aromatic carbocycles.